The predicted octanol–water partition coefficient (Wildman–Crippen LogP) is 2.69. The van der Waals surface area contributed by atoms with E-state index in [1.807, 2.05) is 26.8 Å². The SMILES string of the molecule is CCOc1cccc(C(=O)NNC(=O)c2csc(C3CCN(C(=O)c4nnc5cc(C)nn5c4C)CC3)n2)c1. The molecule has 39 heavy (non-hydrogen) atoms. The number of rotatable bonds is 6. The highest BCUT2D eigenvalue weighted by molar-refractivity contribution is 7.09. The molecule has 1 aromatic carbocycles. The lowest BCUT2D eigenvalue weighted by atomic mass is 9.97. The number of hydrogen-bond acceptors (Lipinski definition) is 9. The quantitative estimate of drug-likeness (QED) is 0.350. The van der Waals surface area contributed by atoms with Crippen molar-refractivity contribution in [3.05, 3.63) is 69.1 Å². The third-order valence-corrected chi connectivity index (χ3v) is 7.52. The van der Waals surface area contributed by atoms with Crippen LogP contribution in [0.3, 0.4) is 0 Å². The molecule has 0 radical (unpaired) electrons. The van der Waals surface area contributed by atoms with Crippen molar-refractivity contribution in [1.29, 1.82) is 0 Å². The number of thiazole rings is 1. The number of carbonyl (C=O) groups excluding carboxylic acids is 3. The van der Waals surface area contributed by atoms with E-state index in [0.717, 1.165) is 10.7 Å². The molecule has 0 unspecified atom stereocenters. The van der Waals surface area contributed by atoms with Crippen LogP contribution in [0, 0.1) is 13.8 Å². The summed E-state index contributed by atoms with van der Waals surface area (Å²) < 4.78 is 7.05. The highest BCUT2D eigenvalue weighted by atomic mass is 32.1. The highest BCUT2D eigenvalue weighted by Gasteiger charge is 2.29. The fraction of sp³-hybridized carbons (Fsp3) is 0.346. The van der Waals surface area contributed by atoms with Crippen LogP contribution in [-0.4, -0.2) is 67.1 Å². The van der Waals surface area contributed by atoms with E-state index in [1.165, 1.54) is 11.3 Å². The third kappa shape index (κ3) is 5.58. The van der Waals surface area contributed by atoms with Crippen LogP contribution in [0.25, 0.3) is 5.65 Å². The molecule has 0 saturated carbocycles. The molecular formula is C26H28N8O4S. The van der Waals surface area contributed by atoms with Crippen molar-refractivity contribution in [2.24, 2.45) is 0 Å². The van der Waals surface area contributed by atoms with Gasteiger partial charge in [0.2, 0.25) is 0 Å². The first-order valence-electron chi connectivity index (χ1n) is 12.6. The summed E-state index contributed by atoms with van der Waals surface area (Å²) in [6.45, 7) is 7.11. The van der Waals surface area contributed by atoms with Crippen LogP contribution in [0.5, 0.6) is 5.75 Å². The van der Waals surface area contributed by atoms with Gasteiger partial charge in [-0.25, -0.2) is 9.50 Å². The molecule has 12 nitrogen and oxygen atoms in total. The zero-order valence-corrected chi connectivity index (χ0v) is 22.6. The molecule has 1 aliphatic heterocycles. The highest BCUT2D eigenvalue weighted by Crippen LogP contribution is 2.31. The number of aryl methyl sites for hydroxylation is 2. The Labute approximate surface area is 228 Å². The second-order valence-corrected chi connectivity index (χ2v) is 10.1. The van der Waals surface area contributed by atoms with Gasteiger partial charge in [-0.2, -0.15) is 5.10 Å². The molecule has 1 fully saturated rings. The first-order chi connectivity index (χ1) is 18.8. The van der Waals surface area contributed by atoms with Crippen molar-refractivity contribution >= 4 is 34.7 Å². The summed E-state index contributed by atoms with van der Waals surface area (Å²) >= 11 is 1.40. The molecule has 13 heteroatoms. The molecule has 2 N–H and O–H groups in total. The molecule has 0 spiro atoms. The molecule has 0 atom stereocenters. The van der Waals surface area contributed by atoms with Gasteiger partial charge in [0, 0.05) is 36.0 Å². The van der Waals surface area contributed by atoms with Gasteiger partial charge in [0.05, 0.1) is 23.0 Å². The van der Waals surface area contributed by atoms with Crippen LogP contribution in [0.15, 0.2) is 35.7 Å². The van der Waals surface area contributed by atoms with Crippen LogP contribution in [0.2, 0.25) is 0 Å². The number of nitrogens with zero attached hydrogens (tertiary/aromatic N) is 6. The van der Waals surface area contributed by atoms with Crippen molar-refractivity contribution in [2.75, 3.05) is 19.7 Å². The maximum Gasteiger partial charge on any atom is 0.289 e. The van der Waals surface area contributed by atoms with E-state index in [9.17, 15) is 14.4 Å². The number of ether oxygens (including phenoxy) is 1. The number of amides is 3. The Bertz CT molecular complexity index is 1540. The van der Waals surface area contributed by atoms with E-state index in [-0.39, 0.29) is 17.5 Å². The molecule has 0 aliphatic carbocycles. The summed E-state index contributed by atoms with van der Waals surface area (Å²) in [6, 6.07) is 8.52. The number of likely N-dealkylation sites (tertiary alicyclic amines) is 1. The summed E-state index contributed by atoms with van der Waals surface area (Å²) in [5.74, 6) is -0.433. The van der Waals surface area contributed by atoms with Gasteiger partial charge in [0.1, 0.15) is 11.4 Å². The minimum Gasteiger partial charge on any atom is -0.494 e. The standard InChI is InChI=1S/C26H28N8O4S/c1-4-38-19-7-5-6-18(13-19)23(35)30-31-24(36)20-14-39-25(27-20)17-8-10-33(11-9-17)26(37)22-16(3)34-21(28-29-22)12-15(2)32-34/h5-7,12-14,17H,4,8-11H2,1-3H3,(H,30,35)(H,31,36). The van der Waals surface area contributed by atoms with Crippen molar-refractivity contribution in [3.63, 3.8) is 0 Å². The molecule has 4 heterocycles. The Morgan fingerprint density at radius 2 is 1.85 bits per heavy atom. The fourth-order valence-electron chi connectivity index (χ4n) is 4.48. The largest absolute Gasteiger partial charge is 0.494 e. The number of aromatic nitrogens is 5. The second kappa shape index (κ2) is 11.2. The lowest BCUT2D eigenvalue weighted by Crippen LogP contribution is -2.41. The summed E-state index contributed by atoms with van der Waals surface area (Å²) in [7, 11) is 0. The number of nitrogens with one attached hydrogen (secondary N) is 2. The summed E-state index contributed by atoms with van der Waals surface area (Å²) in [4.78, 5) is 44.4. The zero-order chi connectivity index (χ0) is 27.5. The maximum absolute atomic E-state index is 13.2. The molecule has 5 rings (SSSR count). The predicted molar refractivity (Wildman–Crippen MR) is 143 cm³/mol. The normalized spacial score (nSPS) is 13.9. The van der Waals surface area contributed by atoms with Crippen molar-refractivity contribution in [2.45, 2.75) is 39.5 Å². The zero-order valence-electron chi connectivity index (χ0n) is 21.8. The minimum atomic E-state index is -0.502. The van der Waals surface area contributed by atoms with Gasteiger partial charge in [0.15, 0.2) is 11.3 Å². The molecule has 1 aliphatic rings. The van der Waals surface area contributed by atoms with Gasteiger partial charge < -0.3 is 9.64 Å². The van der Waals surface area contributed by atoms with E-state index < -0.39 is 11.8 Å². The number of piperidine rings is 1. The maximum atomic E-state index is 13.2. The molecule has 1 saturated heterocycles. The summed E-state index contributed by atoms with van der Waals surface area (Å²) in [5, 5.41) is 15.2. The number of carbonyl (C=O) groups is 3. The van der Waals surface area contributed by atoms with E-state index >= 15 is 0 Å². The summed E-state index contributed by atoms with van der Waals surface area (Å²) in [6.07, 6.45) is 1.42. The van der Waals surface area contributed by atoms with Gasteiger partial charge in [-0.1, -0.05) is 6.07 Å². The van der Waals surface area contributed by atoms with Gasteiger partial charge in [-0.05, 0) is 51.8 Å². The van der Waals surface area contributed by atoms with Crippen LogP contribution >= 0.6 is 11.3 Å². The molecule has 3 aromatic heterocycles. The number of hydrazine groups is 1. The Hall–Kier alpha value is -4.39. The lowest BCUT2D eigenvalue weighted by Gasteiger charge is -2.31. The first-order valence-corrected chi connectivity index (χ1v) is 13.5. The smallest absolute Gasteiger partial charge is 0.289 e. The molecule has 3 amide bonds. The first kappa shape index (κ1) is 26.2. The van der Waals surface area contributed by atoms with Gasteiger partial charge in [-0.3, -0.25) is 25.2 Å². The Morgan fingerprint density at radius 1 is 1.08 bits per heavy atom. The second-order valence-electron chi connectivity index (χ2n) is 9.20. The molecular weight excluding hydrogens is 520 g/mol. The van der Waals surface area contributed by atoms with Crippen LogP contribution in [0.4, 0.5) is 0 Å². The Kier molecular flexibility index (Phi) is 7.50. The minimum absolute atomic E-state index is 0.125. The third-order valence-electron chi connectivity index (χ3n) is 6.51. The molecule has 0 bridgehead atoms. The van der Waals surface area contributed by atoms with Crippen molar-refractivity contribution in [3.8, 4) is 5.75 Å². The van der Waals surface area contributed by atoms with E-state index in [4.69, 9.17) is 4.74 Å². The van der Waals surface area contributed by atoms with E-state index in [1.54, 1.807) is 39.1 Å². The Morgan fingerprint density at radius 3 is 2.62 bits per heavy atom. The fourth-order valence-corrected chi connectivity index (χ4v) is 5.45. The summed E-state index contributed by atoms with van der Waals surface area (Å²) in [5.41, 5.74) is 7.79. The van der Waals surface area contributed by atoms with Gasteiger partial charge in [0.25, 0.3) is 17.7 Å². The average Bonchev–Trinajstić information content (AvgIpc) is 3.59. The lowest BCUT2D eigenvalue weighted by molar-refractivity contribution is 0.0703. The topological polar surface area (TPSA) is 144 Å². The van der Waals surface area contributed by atoms with E-state index in [0.29, 0.717) is 60.9 Å². The van der Waals surface area contributed by atoms with Crippen LogP contribution in [-0.2, 0) is 0 Å². The number of fused-ring (bicyclic) bond motifs is 1. The van der Waals surface area contributed by atoms with Gasteiger partial charge >= 0.3 is 0 Å². The average molecular weight is 549 g/mol. The Balaban J connectivity index is 1.15. The van der Waals surface area contributed by atoms with Gasteiger partial charge in [-0.15, -0.1) is 21.5 Å². The van der Waals surface area contributed by atoms with Crippen molar-refractivity contribution in [1.82, 2.24) is 40.5 Å². The van der Waals surface area contributed by atoms with Crippen LogP contribution < -0.4 is 15.6 Å². The molecule has 202 valence electrons. The number of benzene rings is 1. The van der Waals surface area contributed by atoms with E-state index in [2.05, 4.69) is 31.1 Å². The number of hydrogen-bond donors (Lipinski definition) is 2. The molecule has 4 aromatic rings. The van der Waals surface area contributed by atoms with Crippen LogP contribution in [0.1, 0.15) is 73.4 Å². The monoisotopic (exact) mass is 548 g/mol. The van der Waals surface area contributed by atoms with Crippen molar-refractivity contribution < 1.29 is 19.1 Å².